The first-order chi connectivity index (χ1) is 16.5. The summed E-state index contributed by atoms with van der Waals surface area (Å²) in [6.07, 6.45) is 6.38. The zero-order valence-electron chi connectivity index (χ0n) is 22.0. The molecule has 0 aliphatic heterocycles. The van der Waals surface area contributed by atoms with Gasteiger partial charge in [-0.25, -0.2) is 0 Å². The van der Waals surface area contributed by atoms with E-state index in [9.17, 15) is 0 Å². The molecule has 0 radical (unpaired) electrons. The molecule has 3 nitrogen and oxygen atoms in total. The summed E-state index contributed by atoms with van der Waals surface area (Å²) in [4.78, 5) is 0. The lowest BCUT2D eigenvalue weighted by Crippen LogP contribution is -2.06. The summed E-state index contributed by atoms with van der Waals surface area (Å²) >= 11 is 0. The monoisotopic (exact) mass is 460 g/mol. The van der Waals surface area contributed by atoms with Crippen LogP contribution in [0.5, 0.6) is 17.2 Å². The minimum Gasteiger partial charge on any atom is -0.497 e. The van der Waals surface area contributed by atoms with Crippen LogP contribution in [0.25, 0.3) is 22.3 Å². The summed E-state index contributed by atoms with van der Waals surface area (Å²) < 4.78 is 17.1. The summed E-state index contributed by atoms with van der Waals surface area (Å²) in [5.74, 6) is 2.67. The van der Waals surface area contributed by atoms with Crippen LogP contribution in [0, 0.1) is 6.92 Å². The number of benzene rings is 3. The van der Waals surface area contributed by atoms with Gasteiger partial charge in [0.05, 0.1) is 21.3 Å². The topological polar surface area (TPSA) is 27.7 Å². The molecule has 3 aromatic rings. The molecule has 0 bridgehead atoms. The van der Waals surface area contributed by atoms with Crippen molar-refractivity contribution in [2.24, 2.45) is 0 Å². The third-order valence-corrected chi connectivity index (χ3v) is 6.58. The van der Waals surface area contributed by atoms with Gasteiger partial charge in [-0.05, 0) is 83.8 Å². The zero-order chi connectivity index (χ0) is 24.7. The highest BCUT2D eigenvalue weighted by Gasteiger charge is 2.24. The number of aryl methyl sites for hydroxylation is 2. The Morgan fingerprint density at radius 3 is 1.68 bits per heavy atom. The average Bonchev–Trinajstić information content (AvgIpc) is 2.85. The van der Waals surface area contributed by atoms with Crippen molar-refractivity contribution < 1.29 is 14.2 Å². The number of ether oxygens (including phenoxy) is 3. The SMILES string of the molecule is CCCc1cc(CCC)c(-c2c(OC)ccc(OC)c2C)c(CCC)c1-c1ccc(OC)cc1. The first kappa shape index (κ1) is 25.7. The molecular weight excluding hydrogens is 420 g/mol. The average molecular weight is 461 g/mol. The highest BCUT2D eigenvalue weighted by atomic mass is 16.5. The second-order valence-corrected chi connectivity index (χ2v) is 8.87. The molecule has 0 unspecified atom stereocenters. The highest BCUT2D eigenvalue weighted by molar-refractivity contribution is 5.88. The standard InChI is InChI=1S/C31H40O3/c1-8-11-23-20-24(12-9-2)31(29-21(4)27(33-6)18-19-28(29)34-7)26(13-10-3)30(23)22-14-16-25(32-5)17-15-22/h14-20H,8-13H2,1-7H3. The van der Waals surface area contributed by atoms with Gasteiger partial charge in [-0.1, -0.05) is 58.2 Å². The summed E-state index contributed by atoms with van der Waals surface area (Å²) in [7, 11) is 5.22. The van der Waals surface area contributed by atoms with Crippen LogP contribution in [0.4, 0.5) is 0 Å². The molecule has 0 N–H and O–H groups in total. The first-order valence-electron chi connectivity index (χ1n) is 12.6. The van der Waals surface area contributed by atoms with E-state index in [0.717, 1.165) is 66.9 Å². The molecule has 0 aliphatic carbocycles. The van der Waals surface area contributed by atoms with Gasteiger partial charge in [0.1, 0.15) is 17.2 Å². The predicted molar refractivity (Wildman–Crippen MR) is 144 cm³/mol. The van der Waals surface area contributed by atoms with Crippen LogP contribution in [-0.2, 0) is 19.3 Å². The lowest BCUT2D eigenvalue weighted by Gasteiger charge is -2.26. The van der Waals surface area contributed by atoms with Crippen LogP contribution in [0.1, 0.15) is 62.3 Å². The highest BCUT2D eigenvalue weighted by Crippen LogP contribution is 2.46. The van der Waals surface area contributed by atoms with E-state index >= 15 is 0 Å². The van der Waals surface area contributed by atoms with Crippen molar-refractivity contribution in [3.63, 3.8) is 0 Å². The lowest BCUT2D eigenvalue weighted by atomic mass is 9.80. The molecular formula is C31H40O3. The Kier molecular flexibility index (Phi) is 9.04. The molecule has 3 aromatic carbocycles. The molecule has 0 atom stereocenters. The van der Waals surface area contributed by atoms with Crippen molar-refractivity contribution in [3.8, 4) is 39.5 Å². The largest absolute Gasteiger partial charge is 0.497 e. The van der Waals surface area contributed by atoms with E-state index in [-0.39, 0.29) is 0 Å². The van der Waals surface area contributed by atoms with Crippen molar-refractivity contribution in [1.82, 2.24) is 0 Å². The summed E-state index contributed by atoms with van der Waals surface area (Å²) in [6.45, 7) is 8.94. The van der Waals surface area contributed by atoms with E-state index in [2.05, 4.69) is 58.0 Å². The van der Waals surface area contributed by atoms with E-state index in [1.54, 1.807) is 21.3 Å². The van der Waals surface area contributed by atoms with Crippen LogP contribution < -0.4 is 14.2 Å². The van der Waals surface area contributed by atoms with Gasteiger partial charge in [-0.2, -0.15) is 0 Å². The molecule has 3 heteroatoms. The summed E-state index contributed by atoms with van der Waals surface area (Å²) in [5.41, 5.74) is 10.5. The van der Waals surface area contributed by atoms with Gasteiger partial charge in [-0.3, -0.25) is 0 Å². The Morgan fingerprint density at radius 1 is 0.588 bits per heavy atom. The van der Waals surface area contributed by atoms with Gasteiger partial charge in [-0.15, -0.1) is 0 Å². The lowest BCUT2D eigenvalue weighted by molar-refractivity contribution is 0.402. The zero-order valence-corrected chi connectivity index (χ0v) is 22.0. The quantitative estimate of drug-likeness (QED) is 0.288. The van der Waals surface area contributed by atoms with Crippen molar-refractivity contribution in [2.45, 2.75) is 66.2 Å². The van der Waals surface area contributed by atoms with Gasteiger partial charge in [0.2, 0.25) is 0 Å². The molecule has 0 aromatic heterocycles. The third-order valence-electron chi connectivity index (χ3n) is 6.58. The van der Waals surface area contributed by atoms with E-state index < -0.39 is 0 Å². The van der Waals surface area contributed by atoms with Gasteiger partial charge < -0.3 is 14.2 Å². The fourth-order valence-electron chi connectivity index (χ4n) is 5.10. The molecule has 0 saturated heterocycles. The molecule has 34 heavy (non-hydrogen) atoms. The number of rotatable bonds is 11. The summed E-state index contributed by atoms with van der Waals surface area (Å²) in [6, 6.07) is 15.0. The number of hydrogen-bond acceptors (Lipinski definition) is 3. The maximum atomic E-state index is 5.93. The van der Waals surface area contributed by atoms with Crippen LogP contribution in [-0.4, -0.2) is 21.3 Å². The molecule has 0 heterocycles. The molecule has 0 saturated carbocycles. The molecule has 3 rings (SSSR count). The smallest absolute Gasteiger partial charge is 0.127 e. The molecule has 0 spiro atoms. The van der Waals surface area contributed by atoms with Crippen LogP contribution in [0.2, 0.25) is 0 Å². The van der Waals surface area contributed by atoms with Gasteiger partial charge in [0, 0.05) is 11.1 Å². The van der Waals surface area contributed by atoms with Gasteiger partial charge in [0.25, 0.3) is 0 Å². The van der Waals surface area contributed by atoms with Gasteiger partial charge in [0.15, 0.2) is 0 Å². The van der Waals surface area contributed by atoms with Crippen molar-refractivity contribution in [1.29, 1.82) is 0 Å². The van der Waals surface area contributed by atoms with E-state index in [0.29, 0.717) is 0 Å². The second-order valence-electron chi connectivity index (χ2n) is 8.87. The van der Waals surface area contributed by atoms with Crippen molar-refractivity contribution in [2.75, 3.05) is 21.3 Å². The van der Waals surface area contributed by atoms with Crippen molar-refractivity contribution >= 4 is 0 Å². The Labute approximate surface area is 206 Å². The van der Waals surface area contributed by atoms with E-state index in [1.807, 2.05) is 12.1 Å². The fraction of sp³-hybridized carbons (Fsp3) is 0.419. The predicted octanol–water partition coefficient (Wildman–Crippen LogP) is 8.21. The molecule has 182 valence electrons. The minimum absolute atomic E-state index is 0.881. The molecule has 0 fully saturated rings. The Hall–Kier alpha value is -2.94. The maximum absolute atomic E-state index is 5.93. The Bertz CT molecular complexity index is 1100. The summed E-state index contributed by atoms with van der Waals surface area (Å²) in [5, 5.41) is 0. The van der Waals surface area contributed by atoms with Crippen molar-refractivity contribution in [3.05, 3.63) is 64.7 Å². The molecule has 0 amide bonds. The van der Waals surface area contributed by atoms with Crippen LogP contribution in [0.3, 0.4) is 0 Å². The van der Waals surface area contributed by atoms with E-state index in [1.165, 1.54) is 33.4 Å². The maximum Gasteiger partial charge on any atom is 0.127 e. The van der Waals surface area contributed by atoms with Crippen LogP contribution in [0.15, 0.2) is 42.5 Å². The van der Waals surface area contributed by atoms with Crippen LogP contribution >= 0.6 is 0 Å². The van der Waals surface area contributed by atoms with E-state index in [4.69, 9.17) is 14.2 Å². The Morgan fingerprint density at radius 2 is 1.15 bits per heavy atom. The molecule has 0 aliphatic rings. The number of hydrogen-bond donors (Lipinski definition) is 0. The second kappa shape index (κ2) is 12.0. The Balaban J connectivity index is 2.48. The van der Waals surface area contributed by atoms with Gasteiger partial charge >= 0.3 is 0 Å². The first-order valence-corrected chi connectivity index (χ1v) is 12.6. The number of methoxy groups -OCH3 is 3. The fourth-order valence-corrected chi connectivity index (χ4v) is 5.10. The third kappa shape index (κ3) is 5.09. The minimum atomic E-state index is 0.881. The normalized spacial score (nSPS) is 10.9.